The van der Waals surface area contributed by atoms with Gasteiger partial charge < -0.3 is 15.2 Å². The second-order valence-corrected chi connectivity index (χ2v) is 4.92. The molecule has 0 amide bonds. The van der Waals surface area contributed by atoms with Gasteiger partial charge in [-0.05, 0) is 24.8 Å². The number of ether oxygens (including phenoxy) is 2. The normalized spacial score (nSPS) is 18.1. The highest BCUT2D eigenvalue weighted by Crippen LogP contribution is 2.45. The zero-order valence-corrected chi connectivity index (χ0v) is 10.5. The monoisotopic (exact) mass is 257 g/mol. The molecule has 1 atom stereocenters. The molecule has 0 aromatic heterocycles. The highest BCUT2D eigenvalue weighted by atomic mass is 19.3. The lowest BCUT2D eigenvalue weighted by atomic mass is 9.97. The SMILES string of the molecule is CC(C)CC[C@@H](N)c1cccc2c1OC(F)(F)O2. The maximum atomic E-state index is 13.0. The van der Waals surface area contributed by atoms with Crippen LogP contribution in [-0.2, 0) is 0 Å². The van der Waals surface area contributed by atoms with Gasteiger partial charge in [0.2, 0.25) is 0 Å². The van der Waals surface area contributed by atoms with Crippen molar-refractivity contribution in [1.82, 2.24) is 0 Å². The molecule has 0 spiro atoms. The lowest BCUT2D eigenvalue weighted by Gasteiger charge is -2.15. The van der Waals surface area contributed by atoms with Gasteiger partial charge in [-0.2, -0.15) is 0 Å². The molecule has 5 heteroatoms. The van der Waals surface area contributed by atoms with Crippen LogP contribution in [0.5, 0.6) is 11.5 Å². The van der Waals surface area contributed by atoms with Crippen molar-refractivity contribution in [2.24, 2.45) is 11.7 Å². The zero-order chi connectivity index (χ0) is 13.3. The lowest BCUT2D eigenvalue weighted by molar-refractivity contribution is -0.287. The van der Waals surface area contributed by atoms with Gasteiger partial charge in [0.25, 0.3) is 0 Å². The predicted octanol–water partition coefficient (Wildman–Crippen LogP) is 3.44. The first-order chi connectivity index (χ1) is 8.39. The summed E-state index contributed by atoms with van der Waals surface area (Å²) in [6.45, 7) is 4.19. The largest absolute Gasteiger partial charge is 0.586 e. The minimum Gasteiger partial charge on any atom is -0.395 e. The molecule has 1 heterocycles. The maximum Gasteiger partial charge on any atom is 0.586 e. The second kappa shape index (κ2) is 4.72. The fraction of sp³-hybridized carbons (Fsp3) is 0.538. The van der Waals surface area contributed by atoms with Gasteiger partial charge in [0, 0.05) is 11.6 Å². The summed E-state index contributed by atoms with van der Waals surface area (Å²) in [6, 6.07) is 4.48. The van der Waals surface area contributed by atoms with Gasteiger partial charge in [-0.15, -0.1) is 8.78 Å². The molecule has 0 aliphatic carbocycles. The van der Waals surface area contributed by atoms with Crippen molar-refractivity contribution in [1.29, 1.82) is 0 Å². The van der Waals surface area contributed by atoms with Crippen LogP contribution in [0, 0.1) is 5.92 Å². The van der Waals surface area contributed by atoms with E-state index in [2.05, 4.69) is 23.3 Å². The first-order valence-corrected chi connectivity index (χ1v) is 6.03. The van der Waals surface area contributed by atoms with Crippen molar-refractivity contribution < 1.29 is 18.3 Å². The van der Waals surface area contributed by atoms with Crippen LogP contribution in [0.4, 0.5) is 8.78 Å². The third-order valence-electron chi connectivity index (χ3n) is 2.91. The van der Waals surface area contributed by atoms with E-state index >= 15 is 0 Å². The van der Waals surface area contributed by atoms with Crippen molar-refractivity contribution in [3.05, 3.63) is 23.8 Å². The molecule has 2 rings (SSSR count). The smallest absolute Gasteiger partial charge is 0.395 e. The van der Waals surface area contributed by atoms with Crippen LogP contribution in [0.3, 0.4) is 0 Å². The van der Waals surface area contributed by atoms with Crippen molar-refractivity contribution in [2.45, 2.75) is 39.0 Å². The molecule has 1 aromatic carbocycles. The number of para-hydroxylation sites is 1. The molecule has 100 valence electrons. The summed E-state index contributed by atoms with van der Waals surface area (Å²) in [5, 5.41) is 0. The summed E-state index contributed by atoms with van der Waals surface area (Å²) >= 11 is 0. The van der Waals surface area contributed by atoms with E-state index in [1.165, 1.54) is 6.07 Å². The average Bonchev–Trinajstić information content (AvgIpc) is 2.59. The van der Waals surface area contributed by atoms with Crippen molar-refractivity contribution in [3.8, 4) is 11.5 Å². The van der Waals surface area contributed by atoms with Crippen molar-refractivity contribution in [3.63, 3.8) is 0 Å². The molecule has 0 unspecified atom stereocenters. The van der Waals surface area contributed by atoms with E-state index in [-0.39, 0.29) is 17.5 Å². The first-order valence-electron chi connectivity index (χ1n) is 6.03. The number of halogens is 2. The van der Waals surface area contributed by atoms with Crippen LogP contribution in [-0.4, -0.2) is 6.29 Å². The highest BCUT2D eigenvalue weighted by Gasteiger charge is 2.44. The summed E-state index contributed by atoms with van der Waals surface area (Å²) in [7, 11) is 0. The third kappa shape index (κ3) is 2.72. The Bertz CT molecular complexity index is 435. The lowest BCUT2D eigenvalue weighted by Crippen LogP contribution is -2.26. The van der Waals surface area contributed by atoms with Crippen molar-refractivity contribution >= 4 is 0 Å². The summed E-state index contributed by atoms with van der Waals surface area (Å²) in [5.41, 5.74) is 6.60. The molecular weight excluding hydrogens is 240 g/mol. The number of hydrogen-bond acceptors (Lipinski definition) is 3. The molecule has 0 saturated heterocycles. The van der Waals surface area contributed by atoms with Crippen LogP contribution in [0.1, 0.15) is 38.3 Å². The van der Waals surface area contributed by atoms with E-state index in [9.17, 15) is 8.78 Å². The van der Waals surface area contributed by atoms with E-state index in [0.29, 0.717) is 11.5 Å². The number of alkyl halides is 2. The first kappa shape index (κ1) is 13.1. The molecule has 18 heavy (non-hydrogen) atoms. The van der Waals surface area contributed by atoms with Crippen molar-refractivity contribution in [2.75, 3.05) is 0 Å². The summed E-state index contributed by atoms with van der Waals surface area (Å²) in [6.07, 6.45) is -1.93. The number of hydrogen-bond donors (Lipinski definition) is 1. The van der Waals surface area contributed by atoms with E-state index in [1.54, 1.807) is 12.1 Å². The van der Waals surface area contributed by atoms with Crippen LogP contribution in [0.25, 0.3) is 0 Å². The van der Waals surface area contributed by atoms with E-state index in [4.69, 9.17) is 5.73 Å². The molecule has 1 aromatic rings. The fourth-order valence-corrected chi connectivity index (χ4v) is 1.95. The van der Waals surface area contributed by atoms with E-state index in [0.717, 1.165) is 12.8 Å². The maximum absolute atomic E-state index is 13.0. The summed E-state index contributed by atoms with van der Waals surface area (Å²) in [4.78, 5) is 0. The minimum absolute atomic E-state index is 0.0532. The Morgan fingerprint density at radius 2 is 1.94 bits per heavy atom. The molecule has 0 fully saturated rings. The average molecular weight is 257 g/mol. The van der Waals surface area contributed by atoms with Crippen LogP contribution in [0.2, 0.25) is 0 Å². The highest BCUT2D eigenvalue weighted by molar-refractivity contribution is 5.50. The van der Waals surface area contributed by atoms with Gasteiger partial charge in [0.1, 0.15) is 0 Å². The molecule has 1 aliphatic rings. The van der Waals surface area contributed by atoms with Crippen LogP contribution in [0.15, 0.2) is 18.2 Å². The number of fused-ring (bicyclic) bond motifs is 1. The van der Waals surface area contributed by atoms with Gasteiger partial charge in [0.05, 0.1) is 0 Å². The Labute approximate surface area is 105 Å². The topological polar surface area (TPSA) is 44.5 Å². The predicted molar refractivity (Wildman–Crippen MR) is 63.6 cm³/mol. The quantitative estimate of drug-likeness (QED) is 0.898. The van der Waals surface area contributed by atoms with Crippen LogP contribution < -0.4 is 15.2 Å². The molecule has 1 aliphatic heterocycles. The molecule has 0 saturated carbocycles. The standard InChI is InChI=1S/C13H17F2NO2/c1-8(2)6-7-10(16)9-4-3-5-11-12(9)18-13(14,15)17-11/h3-5,8,10H,6-7,16H2,1-2H3/t10-/m1/s1. The van der Waals surface area contributed by atoms with Crippen LogP contribution >= 0.6 is 0 Å². The number of rotatable bonds is 4. The fourth-order valence-electron chi connectivity index (χ4n) is 1.95. The third-order valence-corrected chi connectivity index (χ3v) is 2.91. The van der Waals surface area contributed by atoms with Gasteiger partial charge in [-0.3, -0.25) is 0 Å². The number of nitrogens with two attached hydrogens (primary N) is 1. The van der Waals surface area contributed by atoms with E-state index in [1.807, 2.05) is 0 Å². The Morgan fingerprint density at radius 1 is 1.22 bits per heavy atom. The Hall–Kier alpha value is -1.36. The van der Waals surface area contributed by atoms with Gasteiger partial charge >= 0.3 is 6.29 Å². The Balaban J connectivity index is 2.18. The molecular formula is C13H17F2NO2. The molecule has 2 N–H and O–H groups in total. The van der Waals surface area contributed by atoms with Gasteiger partial charge in [0.15, 0.2) is 11.5 Å². The van der Waals surface area contributed by atoms with Gasteiger partial charge in [-0.25, -0.2) is 0 Å². The minimum atomic E-state index is -3.59. The molecule has 3 nitrogen and oxygen atoms in total. The Morgan fingerprint density at radius 3 is 2.61 bits per heavy atom. The van der Waals surface area contributed by atoms with E-state index < -0.39 is 6.29 Å². The van der Waals surface area contributed by atoms with Gasteiger partial charge in [-0.1, -0.05) is 26.0 Å². The number of benzene rings is 1. The Kier molecular flexibility index (Phi) is 3.43. The molecule has 0 radical (unpaired) electrons. The zero-order valence-electron chi connectivity index (χ0n) is 10.5. The summed E-state index contributed by atoms with van der Waals surface area (Å²) < 4.78 is 34.9. The summed E-state index contributed by atoms with van der Waals surface area (Å²) in [5.74, 6) is 0.641. The second-order valence-electron chi connectivity index (χ2n) is 4.92. The molecule has 0 bridgehead atoms.